The SMILES string of the molecule is CCn1nnc2cc(C(=O)NCCc3nc4ccccc4s3)ccc21. The minimum absolute atomic E-state index is 0.103. The maximum atomic E-state index is 12.3. The first-order valence-electron chi connectivity index (χ1n) is 8.20. The number of fused-ring (bicyclic) bond motifs is 2. The number of nitrogens with zero attached hydrogens (tertiary/aromatic N) is 4. The fraction of sp³-hybridized carbons (Fsp3) is 0.222. The molecule has 0 saturated carbocycles. The second-order valence-corrected chi connectivity index (χ2v) is 6.81. The van der Waals surface area contributed by atoms with Crippen molar-refractivity contribution >= 4 is 38.5 Å². The first-order valence-corrected chi connectivity index (χ1v) is 9.02. The summed E-state index contributed by atoms with van der Waals surface area (Å²) in [5.41, 5.74) is 3.28. The van der Waals surface area contributed by atoms with Crippen molar-refractivity contribution in [3.05, 3.63) is 53.0 Å². The van der Waals surface area contributed by atoms with Gasteiger partial charge in [0, 0.05) is 25.1 Å². The molecule has 4 aromatic rings. The van der Waals surface area contributed by atoms with Crippen LogP contribution in [0.15, 0.2) is 42.5 Å². The Balaban J connectivity index is 1.41. The van der Waals surface area contributed by atoms with Crippen molar-refractivity contribution in [3.63, 3.8) is 0 Å². The summed E-state index contributed by atoms with van der Waals surface area (Å²) in [6.45, 7) is 3.32. The van der Waals surface area contributed by atoms with Gasteiger partial charge in [-0.3, -0.25) is 4.79 Å². The molecule has 0 fully saturated rings. The number of thiazole rings is 1. The first-order chi connectivity index (χ1) is 12.2. The van der Waals surface area contributed by atoms with Crippen LogP contribution in [0.25, 0.3) is 21.3 Å². The lowest BCUT2D eigenvalue weighted by Gasteiger charge is -2.04. The largest absolute Gasteiger partial charge is 0.352 e. The highest BCUT2D eigenvalue weighted by Gasteiger charge is 2.10. The Morgan fingerprint density at radius 2 is 2.08 bits per heavy atom. The van der Waals surface area contributed by atoms with Crippen LogP contribution >= 0.6 is 11.3 Å². The first kappa shape index (κ1) is 15.7. The van der Waals surface area contributed by atoms with E-state index in [1.165, 1.54) is 4.70 Å². The monoisotopic (exact) mass is 351 g/mol. The second-order valence-electron chi connectivity index (χ2n) is 5.69. The molecule has 6 nitrogen and oxygen atoms in total. The molecule has 0 unspecified atom stereocenters. The van der Waals surface area contributed by atoms with Crippen LogP contribution in [0.1, 0.15) is 22.3 Å². The van der Waals surface area contributed by atoms with Gasteiger partial charge in [0.2, 0.25) is 0 Å². The van der Waals surface area contributed by atoms with Crippen molar-refractivity contribution in [1.29, 1.82) is 0 Å². The van der Waals surface area contributed by atoms with Gasteiger partial charge in [0.15, 0.2) is 0 Å². The van der Waals surface area contributed by atoms with Gasteiger partial charge in [0.25, 0.3) is 5.91 Å². The molecule has 0 aliphatic heterocycles. The normalized spacial score (nSPS) is 11.2. The molecular weight excluding hydrogens is 334 g/mol. The van der Waals surface area contributed by atoms with E-state index in [1.54, 1.807) is 17.4 Å². The fourth-order valence-corrected chi connectivity index (χ4v) is 3.73. The standard InChI is InChI=1S/C18H17N5OS/c1-2-23-15-8-7-12(11-14(15)21-22-23)18(24)19-10-9-17-20-13-5-3-4-6-16(13)25-17/h3-8,11H,2,9-10H2,1H3,(H,19,24). The third-order valence-corrected chi connectivity index (χ3v) is 5.13. The van der Waals surface area contributed by atoms with Gasteiger partial charge in [0.1, 0.15) is 5.52 Å². The summed E-state index contributed by atoms with van der Waals surface area (Å²) < 4.78 is 2.98. The number of carbonyl (C=O) groups is 1. The van der Waals surface area contributed by atoms with E-state index < -0.39 is 0 Å². The molecule has 0 radical (unpaired) electrons. The number of benzene rings is 2. The second kappa shape index (κ2) is 6.60. The summed E-state index contributed by atoms with van der Waals surface area (Å²) in [5, 5.41) is 12.2. The molecule has 126 valence electrons. The molecule has 0 spiro atoms. The Hall–Kier alpha value is -2.80. The van der Waals surface area contributed by atoms with Crippen molar-refractivity contribution in [2.75, 3.05) is 6.54 Å². The predicted octanol–water partition coefficient (Wildman–Crippen LogP) is 3.03. The number of nitrogens with one attached hydrogen (secondary N) is 1. The molecule has 7 heteroatoms. The summed E-state index contributed by atoms with van der Waals surface area (Å²) in [6, 6.07) is 13.5. The van der Waals surface area contributed by atoms with Crippen LogP contribution in [0.5, 0.6) is 0 Å². The highest BCUT2D eigenvalue weighted by molar-refractivity contribution is 7.18. The van der Waals surface area contributed by atoms with Gasteiger partial charge in [-0.05, 0) is 37.3 Å². The molecular formula is C18H17N5OS. The zero-order valence-corrected chi connectivity index (χ0v) is 14.6. The number of aryl methyl sites for hydroxylation is 1. The Morgan fingerprint density at radius 1 is 1.20 bits per heavy atom. The van der Waals surface area contributed by atoms with Crippen LogP contribution in [-0.2, 0) is 13.0 Å². The van der Waals surface area contributed by atoms with Gasteiger partial charge in [-0.25, -0.2) is 9.67 Å². The van der Waals surface area contributed by atoms with Crippen molar-refractivity contribution in [1.82, 2.24) is 25.3 Å². The lowest BCUT2D eigenvalue weighted by Crippen LogP contribution is -2.25. The molecule has 0 aliphatic rings. The quantitative estimate of drug-likeness (QED) is 0.600. The van der Waals surface area contributed by atoms with Gasteiger partial charge in [-0.2, -0.15) is 0 Å². The van der Waals surface area contributed by atoms with Crippen LogP contribution < -0.4 is 5.32 Å². The highest BCUT2D eigenvalue weighted by Crippen LogP contribution is 2.21. The lowest BCUT2D eigenvalue weighted by atomic mass is 10.2. The Kier molecular flexibility index (Phi) is 4.15. The number of carbonyl (C=O) groups excluding carboxylic acids is 1. The van der Waals surface area contributed by atoms with E-state index >= 15 is 0 Å². The third kappa shape index (κ3) is 3.10. The average molecular weight is 351 g/mol. The van der Waals surface area contributed by atoms with Crippen LogP contribution in [0.3, 0.4) is 0 Å². The van der Waals surface area contributed by atoms with Crippen molar-refractivity contribution in [2.45, 2.75) is 19.9 Å². The van der Waals surface area contributed by atoms with E-state index in [-0.39, 0.29) is 5.91 Å². The van der Waals surface area contributed by atoms with Crippen LogP contribution in [-0.4, -0.2) is 32.4 Å². The Labute approximate surface area is 148 Å². The molecule has 2 heterocycles. The van der Waals surface area contributed by atoms with Crippen LogP contribution in [0.4, 0.5) is 0 Å². The average Bonchev–Trinajstić information content (AvgIpc) is 3.24. The summed E-state index contributed by atoms with van der Waals surface area (Å²) in [6.07, 6.45) is 0.722. The van der Waals surface area contributed by atoms with Gasteiger partial charge >= 0.3 is 0 Å². The smallest absolute Gasteiger partial charge is 0.251 e. The number of aromatic nitrogens is 4. The van der Waals surface area contributed by atoms with Crippen molar-refractivity contribution in [3.8, 4) is 0 Å². The maximum Gasteiger partial charge on any atom is 0.251 e. The van der Waals surface area contributed by atoms with E-state index in [9.17, 15) is 4.79 Å². The zero-order chi connectivity index (χ0) is 17.2. The van der Waals surface area contributed by atoms with Crippen molar-refractivity contribution in [2.24, 2.45) is 0 Å². The van der Waals surface area contributed by atoms with Gasteiger partial charge < -0.3 is 5.32 Å². The van der Waals surface area contributed by atoms with Crippen molar-refractivity contribution < 1.29 is 4.79 Å². The van der Waals surface area contributed by atoms with Gasteiger partial charge in [-0.15, -0.1) is 16.4 Å². The molecule has 0 atom stereocenters. The minimum atomic E-state index is -0.103. The number of rotatable bonds is 5. The molecule has 1 amide bonds. The molecule has 2 aromatic carbocycles. The molecule has 1 N–H and O–H groups in total. The van der Waals surface area contributed by atoms with Gasteiger partial charge in [-0.1, -0.05) is 17.3 Å². The number of para-hydroxylation sites is 1. The van der Waals surface area contributed by atoms with E-state index in [0.29, 0.717) is 12.1 Å². The molecule has 0 aliphatic carbocycles. The van der Waals surface area contributed by atoms with Crippen LogP contribution in [0.2, 0.25) is 0 Å². The predicted molar refractivity (Wildman–Crippen MR) is 98.9 cm³/mol. The van der Waals surface area contributed by atoms with E-state index in [4.69, 9.17) is 0 Å². The zero-order valence-electron chi connectivity index (χ0n) is 13.8. The summed E-state index contributed by atoms with van der Waals surface area (Å²) in [7, 11) is 0. The third-order valence-electron chi connectivity index (χ3n) is 4.04. The number of hydrogen-bond acceptors (Lipinski definition) is 5. The van der Waals surface area contributed by atoms with Gasteiger partial charge in [0.05, 0.1) is 20.7 Å². The molecule has 25 heavy (non-hydrogen) atoms. The Morgan fingerprint density at radius 3 is 2.92 bits per heavy atom. The lowest BCUT2D eigenvalue weighted by molar-refractivity contribution is 0.0954. The van der Waals surface area contributed by atoms with E-state index in [2.05, 4.69) is 26.7 Å². The van der Waals surface area contributed by atoms with Crippen LogP contribution in [0, 0.1) is 0 Å². The molecule has 2 aromatic heterocycles. The highest BCUT2D eigenvalue weighted by atomic mass is 32.1. The summed E-state index contributed by atoms with van der Waals surface area (Å²) in [5.74, 6) is -0.103. The summed E-state index contributed by atoms with van der Waals surface area (Å²) in [4.78, 5) is 16.9. The molecule has 4 rings (SSSR count). The Bertz CT molecular complexity index is 1020. The van der Waals surface area contributed by atoms with E-state index in [0.717, 1.165) is 34.5 Å². The number of amides is 1. The fourth-order valence-electron chi connectivity index (χ4n) is 2.76. The molecule has 0 saturated heterocycles. The number of hydrogen-bond donors (Lipinski definition) is 1. The summed E-state index contributed by atoms with van der Waals surface area (Å²) >= 11 is 1.67. The topological polar surface area (TPSA) is 72.7 Å². The van der Waals surface area contributed by atoms with E-state index in [1.807, 2.05) is 41.9 Å². The maximum absolute atomic E-state index is 12.3. The minimum Gasteiger partial charge on any atom is -0.352 e. The molecule has 0 bridgehead atoms.